The molecule has 0 saturated carbocycles. The topological polar surface area (TPSA) is 35.5 Å². The van der Waals surface area contributed by atoms with Crippen molar-refractivity contribution in [1.29, 1.82) is 0 Å². The maximum absolute atomic E-state index is 11.2. The van der Waals surface area contributed by atoms with Crippen molar-refractivity contribution in [3.05, 3.63) is 0 Å². The van der Waals surface area contributed by atoms with Crippen LogP contribution in [0.5, 0.6) is 0 Å². The first-order chi connectivity index (χ1) is 4.84. The molecule has 1 unspecified atom stereocenters. The number of carbonyl (C=O) groups excluding carboxylic acids is 1. The van der Waals surface area contributed by atoms with Crippen LogP contribution in [0.25, 0.3) is 0 Å². The fraction of sp³-hybridized carbons (Fsp3) is 0.833. The van der Waals surface area contributed by atoms with E-state index in [4.69, 9.17) is 4.74 Å². The summed E-state index contributed by atoms with van der Waals surface area (Å²) in [5.74, 6) is -0.903. The first-order valence-corrected chi connectivity index (χ1v) is 3.28. The van der Waals surface area contributed by atoms with Crippen molar-refractivity contribution in [2.45, 2.75) is 25.4 Å². The molecule has 0 aromatic carbocycles. The lowest BCUT2D eigenvalue weighted by molar-refractivity contribution is -0.199. The Morgan fingerprint density at radius 1 is 1.60 bits per heavy atom. The maximum atomic E-state index is 11.2. The van der Waals surface area contributed by atoms with Gasteiger partial charge in [-0.05, 0) is 19.3 Å². The average molecular weight is 148 g/mol. The highest BCUT2D eigenvalue weighted by molar-refractivity contribution is 5.74. The number of carbonyl (C=O) groups is 1. The summed E-state index contributed by atoms with van der Waals surface area (Å²) in [5.41, 5.74) is 0. The van der Waals surface area contributed by atoms with Gasteiger partial charge in [0, 0.05) is 11.1 Å². The minimum Gasteiger partial charge on any atom is -0.366 e. The van der Waals surface area contributed by atoms with Gasteiger partial charge in [0.2, 0.25) is 0 Å². The summed E-state index contributed by atoms with van der Waals surface area (Å²) in [6.07, 6.45) is 1.75. The van der Waals surface area contributed by atoms with E-state index in [0.717, 1.165) is 12.8 Å². The molecule has 1 heterocycles. The molecular formula is C6H9FO3. The van der Waals surface area contributed by atoms with Gasteiger partial charge in [0.15, 0.2) is 6.10 Å². The fourth-order valence-corrected chi connectivity index (χ4v) is 0.976. The minimum absolute atomic E-state index is 0.528. The monoisotopic (exact) mass is 148 g/mol. The van der Waals surface area contributed by atoms with Crippen molar-refractivity contribution in [1.82, 2.24) is 0 Å². The van der Waals surface area contributed by atoms with Crippen LogP contribution < -0.4 is 0 Å². The summed E-state index contributed by atoms with van der Waals surface area (Å²) < 4.78 is 16.2. The Hall–Kier alpha value is -0.640. The predicted octanol–water partition coefficient (Wildman–Crippen LogP) is 0.983. The smallest absolute Gasteiger partial charge is 0.366 e. The van der Waals surface area contributed by atoms with E-state index < -0.39 is 12.1 Å². The van der Waals surface area contributed by atoms with E-state index in [1.165, 1.54) is 0 Å². The summed E-state index contributed by atoms with van der Waals surface area (Å²) >= 11 is 0. The SMILES string of the molecule is O=C(OF)C1CCCCO1. The molecular weight excluding hydrogens is 139 g/mol. The Kier molecular flexibility index (Phi) is 2.62. The van der Waals surface area contributed by atoms with Crippen molar-refractivity contribution in [3.8, 4) is 0 Å². The minimum atomic E-state index is -0.903. The lowest BCUT2D eigenvalue weighted by atomic mass is 10.1. The van der Waals surface area contributed by atoms with E-state index >= 15 is 0 Å². The van der Waals surface area contributed by atoms with E-state index in [1.807, 2.05) is 0 Å². The lowest BCUT2D eigenvalue weighted by Gasteiger charge is -2.18. The Morgan fingerprint density at radius 3 is 2.90 bits per heavy atom. The largest absolute Gasteiger partial charge is 0.377 e. The van der Waals surface area contributed by atoms with Crippen LogP contribution in [0.1, 0.15) is 19.3 Å². The zero-order valence-electron chi connectivity index (χ0n) is 5.51. The van der Waals surface area contributed by atoms with Gasteiger partial charge < -0.3 is 4.74 Å². The van der Waals surface area contributed by atoms with Crippen molar-refractivity contribution >= 4 is 5.97 Å². The van der Waals surface area contributed by atoms with Gasteiger partial charge in [0.25, 0.3) is 0 Å². The van der Waals surface area contributed by atoms with Crippen LogP contribution >= 0.6 is 0 Å². The summed E-state index contributed by atoms with van der Waals surface area (Å²) in [6.45, 7) is 0.528. The molecule has 1 fully saturated rings. The molecule has 1 atom stereocenters. The molecule has 0 bridgehead atoms. The number of rotatable bonds is 1. The second-order valence-electron chi connectivity index (χ2n) is 2.25. The average Bonchev–Trinajstić information content (AvgIpc) is 2.05. The van der Waals surface area contributed by atoms with Crippen LogP contribution in [0.2, 0.25) is 0 Å². The third-order valence-electron chi connectivity index (χ3n) is 1.52. The van der Waals surface area contributed by atoms with Gasteiger partial charge in [-0.3, -0.25) is 4.94 Å². The number of hydrogen-bond acceptors (Lipinski definition) is 3. The van der Waals surface area contributed by atoms with Gasteiger partial charge in [-0.15, -0.1) is 0 Å². The summed E-state index contributed by atoms with van der Waals surface area (Å²) in [7, 11) is 0. The molecule has 0 amide bonds. The van der Waals surface area contributed by atoms with Gasteiger partial charge >= 0.3 is 5.97 Å². The molecule has 1 aliphatic heterocycles. The quantitative estimate of drug-likeness (QED) is 0.556. The van der Waals surface area contributed by atoms with Crippen LogP contribution in [-0.2, 0) is 14.5 Å². The highest BCUT2D eigenvalue weighted by Gasteiger charge is 2.23. The molecule has 0 radical (unpaired) electrons. The zero-order chi connectivity index (χ0) is 7.40. The second kappa shape index (κ2) is 3.51. The summed E-state index contributed by atoms with van der Waals surface area (Å²) in [4.78, 5) is 13.5. The first-order valence-electron chi connectivity index (χ1n) is 3.28. The zero-order valence-corrected chi connectivity index (χ0v) is 5.51. The molecule has 10 heavy (non-hydrogen) atoms. The third kappa shape index (κ3) is 1.67. The highest BCUT2D eigenvalue weighted by atomic mass is 19.3. The van der Waals surface area contributed by atoms with Gasteiger partial charge in [-0.2, -0.15) is 0 Å². The molecule has 0 aromatic heterocycles. The molecule has 3 nitrogen and oxygen atoms in total. The van der Waals surface area contributed by atoms with E-state index in [9.17, 15) is 9.32 Å². The second-order valence-corrected chi connectivity index (χ2v) is 2.25. The molecule has 1 aliphatic rings. The number of hydrogen-bond donors (Lipinski definition) is 0. The van der Waals surface area contributed by atoms with Gasteiger partial charge in [0.05, 0.1) is 0 Å². The molecule has 0 aliphatic carbocycles. The van der Waals surface area contributed by atoms with Crippen LogP contribution in [0.4, 0.5) is 4.53 Å². The summed E-state index contributed by atoms with van der Waals surface area (Å²) in [5, 5.41) is 0. The van der Waals surface area contributed by atoms with E-state index in [0.29, 0.717) is 13.0 Å². The molecule has 0 spiro atoms. The molecule has 1 rings (SSSR count). The van der Waals surface area contributed by atoms with Crippen LogP contribution in [-0.4, -0.2) is 18.7 Å². The number of halogens is 1. The van der Waals surface area contributed by atoms with E-state index in [-0.39, 0.29) is 0 Å². The standard InChI is InChI=1S/C6H9FO3/c7-10-6(8)5-3-1-2-4-9-5/h5H,1-4H2. The van der Waals surface area contributed by atoms with Crippen molar-refractivity contribution in [2.24, 2.45) is 0 Å². The highest BCUT2D eigenvalue weighted by Crippen LogP contribution is 2.13. The van der Waals surface area contributed by atoms with Crippen molar-refractivity contribution in [3.63, 3.8) is 0 Å². The fourth-order valence-electron chi connectivity index (χ4n) is 0.976. The third-order valence-corrected chi connectivity index (χ3v) is 1.52. The molecule has 1 saturated heterocycles. The van der Waals surface area contributed by atoms with Crippen LogP contribution in [0, 0.1) is 0 Å². The first kappa shape index (κ1) is 7.47. The van der Waals surface area contributed by atoms with E-state index in [2.05, 4.69) is 4.94 Å². The Bertz CT molecular complexity index is 120. The summed E-state index contributed by atoms with van der Waals surface area (Å²) in [6, 6.07) is 0. The Balaban J connectivity index is 2.31. The Labute approximate surface area is 58.0 Å². The van der Waals surface area contributed by atoms with E-state index in [1.54, 1.807) is 0 Å². The predicted molar refractivity (Wildman–Crippen MR) is 30.8 cm³/mol. The number of ether oxygens (including phenoxy) is 1. The van der Waals surface area contributed by atoms with Gasteiger partial charge in [0.1, 0.15) is 0 Å². The maximum Gasteiger partial charge on any atom is 0.377 e. The van der Waals surface area contributed by atoms with Gasteiger partial charge in [-0.1, -0.05) is 0 Å². The van der Waals surface area contributed by atoms with Crippen LogP contribution in [0.3, 0.4) is 0 Å². The van der Waals surface area contributed by atoms with Crippen LogP contribution in [0.15, 0.2) is 0 Å². The lowest BCUT2D eigenvalue weighted by Crippen LogP contribution is -2.28. The molecule has 58 valence electrons. The Morgan fingerprint density at radius 2 is 2.40 bits per heavy atom. The van der Waals surface area contributed by atoms with Gasteiger partial charge in [-0.25, -0.2) is 4.79 Å². The van der Waals surface area contributed by atoms with Crippen molar-refractivity contribution in [2.75, 3.05) is 6.61 Å². The normalized spacial score (nSPS) is 25.9. The van der Waals surface area contributed by atoms with Crippen molar-refractivity contribution < 1.29 is 19.0 Å². The molecule has 0 N–H and O–H groups in total. The molecule has 0 aromatic rings. The molecule has 4 heteroatoms.